The quantitative estimate of drug-likeness (QED) is 0.471. The Morgan fingerprint density at radius 2 is 1.77 bits per heavy atom. The van der Waals surface area contributed by atoms with Crippen LogP contribution in [0.2, 0.25) is 0 Å². The van der Waals surface area contributed by atoms with E-state index in [0.717, 1.165) is 6.33 Å². The molecule has 0 bridgehead atoms. The van der Waals surface area contributed by atoms with Crippen LogP contribution in [0, 0.1) is 0 Å². The van der Waals surface area contributed by atoms with E-state index in [4.69, 9.17) is 4.74 Å². The first kappa shape index (κ1) is 22.4. The Kier molecular flexibility index (Phi) is 6.71. The highest BCUT2D eigenvalue weighted by molar-refractivity contribution is 5.82. The summed E-state index contributed by atoms with van der Waals surface area (Å²) in [7, 11) is 0. The van der Waals surface area contributed by atoms with E-state index in [1.54, 1.807) is 30.3 Å². The number of hydrogen-bond donors (Lipinski definition) is 0. The number of nitrogens with zero attached hydrogens (tertiary/aromatic N) is 3. The predicted octanol–water partition coefficient (Wildman–Crippen LogP) is 4.74. The van der Waals surface area contributed by atoms with Crippen LogP contribution in [0.5, 0.6) is 5.75 Å². The minimum atomic E-state index is -5.06. The number of amides is 1. The van der Waals surface area contributed by atoms with E-state index in [0.29, 0.717) is 15.0 Å². The molecule has 0 saturated carbocycles. The number of halogens is 6. The molecule has 0 aliphatic heterocycles. The van der Waals surface area contributed by atoms with Crippen LogP contribution in [0.4, 0.5) is 26.3 Å². The number of rotatable bonds is 8. The molecule has 0 radical (unpaired) electrons. The largest absolute Gasteiger partial charge is 0.489 e. The van der Waals surface area contributed by atoms with Crippen molar-refractivity contribution in [1.29, 1.82) is 0 Å². The standard InChI is InChI=1S/C20H17F6N3O2/c21-17(22)18(23)29-12-27-16-14(29)7-4-8-15(16)31-10-9-28(19(30)20(24,25)26)11-13-5-2-1-3-6-13/h1-8,12,17-18H,9-11H2. The summed E-state index contributed by atoms with van der Waals surface area (Å²) in [4.78, 5) is 16.2. The molecule has 1 amide bonds. The van der Waals surface area contributed by atoms with Gasteiger partial charge in [0.1, 0.15) is 17.9 Å². The number of fused-ring (bicyclic) bond motifs is 1. The predicted molar refractivity (Wildman–Crippen MR) is 99.3 cm³/mol. The SMILES string of the molecule is O=C(N(CCOc1cccc2c1ncn2C(F)C(F)F)Cc1ccccc1)C(F)(F)F. The minimum absolute atomic E-state index is 0.0396. The van der Waals surface area contributed by atoms with E-state index in [2.05, 4.69) is 4.98 Å². The lowest BCUT2D eigenvalue weighted by atomic mass is 10.2. The number of hydrogen-bond acceptors (Lipinski definition) is 3. The molecule has 3 aromatic rings. The number of imidazole rings is 1. The zero-order valence-corrected chi connectivity index (χ0v) is 15.9. The topological polar surface area (TPSA) is 47.4 Å². The summed E-state index contributed by atoms with van der Waals surface area (Å²) in [5.41, 5.74) is 0.613. The number of carbonyl (C=O) groups excluding carboxylic acids is 1. The van der Waals surface area contributed by atoms with E-state index in [1.807, 2.05) is 0 Å². The van der Waals surface area contributed by atoms with Gasteiger partial charge in [-0.25, -0.2) is 18.2 Å². The van der Waals surface area contributed by atoms with Crippen molar-refractivity contribution in [2.24, 2.45) is 0 Å². The summed E-state index contributed by atoms with van der Waals surface area (Å²) in [6, 6.07) is 12.3. The molecular weight excluding hydrogens is 428 g/mol. The smallest absolute Gasteiger partial charge is 0.471 e. The molecule has 3 rings (SSSR count). The van der Waals surface area contributed by atoms with Gasteiger partial charge in [0.2, 0.25) is 6.30 Å². The molecule has 1 atom stereocenters. The monoisotopic (exact) mass is 445 g/mol. The normalized spacial score (nSPS) is 12.9. The zero-order chi connectivity index (χ0) is 22.6. The maximum absolute atomic E-state index is 13.7. The van der Waals surface area contributed by atoms with Crippen LogP contribution in [-0.2, 0) is 11.3 Å². The van der Waals surface area contributed by atoms with Crippen LogP contribution in [-0.4, -0.2) is 46.1 Å². The molecule has 0 spiro atoms. The van der Waals surface area contributed by atoms with Crippen molar-refractivity contribution in [3.05, 3.63) is 60.4 Å². The van der Waals surface area contributed by atoms with Crippen molar-refractivity contribution in [3.63, 3.8) is 0 Å². The Balaban J connectivity index is 1.74. The van der Waals surface area contributed by atoms with Gasteiger partial charge >= 0.3 is 12.1 Å². The van der Waals surface area contributed by atoms with E-state index >= 15 is 0 Å². The van der Waals surface area contributed by atoms with Crippen molar-refractivity contribution < 1.29 is 35.9 Å². The minimum Gasteiger partial charge on any atom is -0.489 e. The van der Waals surface area contributed by atoms with Gasteiger partial charge in [-0.05, 0) is 17.7 Å². The van der Waals surface area contributed by atoms with E-state index < -0.39 is 31.3 Å². The summed E-state index contributed by atoms with van der Waals surface area (Å²) in [5.74, 6) is -1.95. The number of para-hydroxylation sites is 1. The number of alkyl halides is 6. The second-order valence-electron chi connectivity index (χ2n) is 6.54. The molecule has 166 valence electrons. The fourth-order valence-electron chi connectivity index (χ4n) is 2.97. The first-order valence-electron chi connectivity index (χ1n) is 9.09. The fourth-order valence-corrected chi connectivity index (χ4v) is 2.97. The van der Waals surface area contributed by atoms with Crippen LogP contribution in [0.3, 0.4) is 0 Å². The van der Waals surface area contributed by atoms with Gasteiger partial charge in [-0.2, -0.15) is 13.2 Å². The van der Waals surface area contributed by atoms with Crippen molar-refractivity contribution in [2.45, 2.75) is 25.4 Å². The van der Waals surface area contributed by atoms with Gasteiger partial charge in [0.05, 0.1) is 18.4 Å². The Labute approximate surface area is 172 Å². The lowest BCUT2D eigenvalue weighted by molar-refractivity contribution is -0.186. The fraction of sp³-hybridized carbons (Fsp3) is 0.300. The van der Waals surface area contributed by atoms with Gasteiger partial charge in [-0.1, -0.05) is 36.4 Å². The van der Waals surface area contributed by atoms with Crippen molar-refractivity contribution >= 4 is 16.9 Å². The molecule has 1 aromatic heterocycles. The van der Waals surface area contributed by atoms with Gasteiger partial charge in [-0.3, -0.25) is 9.36 Å². The van der Waals surface area contributed by atoms with Gasteiger partial charge in [0, 0.05) is 6.54 Å². The number of ether oxygens (including phenoxy) is 1. The van der Waals surface area contributed by atoms with Gasteiger partial charge < -0.3 is 9.64 Å². The molecule has 11 heteroatoms. The van der Waals surface area contributed by atoms with E-state index in [9.17, 15) is 31.1 Å². The first-order valence-corrected chi connectivity index (χ1v) is 9.09. The lowest BCUT2D eigenvalue weighted by Crippen LogP contribution is -2.42. The Bertz CT molecular complexity index is 1020. The first-order chi connectivity index (χ1) is 14.7. The highest BCUT2D eigenvalue weighted by Gasteiger charge is 2.42. The molecule has 2 aromatic carbocycles. The molecule has 0 N–H and O–H groups in total. The van der Waals surface area contributed by atoms with Crippen molar-refractivity contribution in [3.8, 4) is 5.75 Å². The molecule has 5 nitrogen and oxygen atoms in total. The van der Waals surface area contributed by atoms with Crippen molar-refractivity contribution in [1.82, 2.24) is 14.5 Å². The summed E-state index contributed by atoms with van der Waals surface area (Å²) in [5, 5.41) is 0. The molecule has 1 unspecified atom stereocenters. The van der Waals surface area contributed by atoms with Gasteiger partial charge in [-0.15, -0.1) is 0 Å². The molecule has 0 aliphatic rings. The molecule has 1 heterocycles. The number of benzene rings is 2. The molecule has 0 fully saturated rings. The van der Waals surface area contributed by atoms with E-state index in [-0.39, 0.29) is 29.9 Å². The maximum Gasteiger partial charge on any atom is 0.471 e. The third kappa shape index (κ3) is 5.28. The molecule has 0 saturated heterocycles. The van der Waals surface area contributed by atoms with Gasteiger partial charge in [0.25, 0.3) is 6.43 Å². The van der Waals surface area contributed by atoms with E-state index in [1.165, 1.54) is 18.2 Å². The summed E-state index contributed by atoms with van der Waals surface area (Å²) in [6.45, 7) is -0.999. The third-order valence-corrected chi connectivity index (χ3v) is 4.41. The summed E-state index contributed by atoms with van der Waals surface area (Å²) >= 11 is 0. The Morgan fingerprint density at radius 1 is 1.06 bits per heavy atom. The third-order valence-electron chi connectivity index (χ3n) is 4.41. The van der Waals surface area contributed by atoms with Crippen LogP contribution in [0.25, 0.3) is 11.0 Å². The summed E-state index contributed by atoms with van der Waals surface area (Å²) in [6.07, 6.45) is -10.0. The number of carbonyl (C=O) groups is 1. The van der Waals surface area contributed by atoms with Crippen LogP contribution in [0.15, 0.2) is 54.9 Å². The van der Waals surface area contributed by atoms with Crippen LogP contribution in [0.1, 0.15) is 11.9 Å². The molecule has 0 aliphatic carbocycles. The average Bonchev–Trinajstić information content (AvgIpc) is 3.17. The Hall–Kier alpha value is -3.24. The molecule has 31 heavy (non-hydrogen) atoms. The second-order valence-corrected chi connectivity index (χ2v) is 6.54. The zero-order valence-electron chi connectivity index (χ0n) is 15.9. The van der Waals surface area contributed by atoms with Crippen LogP contribution >= 0.6 is 0 Å². The number of aromatic nitrogens is 2. The molecular formula is C20H17F6N3O2. The Morgan fingerprint density at radius 3 is 2.42 bits per heavy atom. The van der Waals surface area contributed by atoms with Crippen molar-refractivity contribution in [2.75, 3.05) is 13.2 Å². The van der Waals surface area contributed by atoms with Gasteiger partial charge in [0.15, 0.2) is 0 Å². The van der Waals surface area contributed by atoms with Crippen LogP contribution < -0.4 is 4.74 Å². The highest BCUT2D eigenvalue weighted by Crippen LogP contribution is 2.29. The highest BCUT2D eigenvalue weighted by atomic mass is 19.4. The second kappa shape index (κ2) is 9.27. The lowest BCUT2D eigenvalue weighted by Gasteiger charge is -2.24. The maximum atomic E-state index is 13.7. The summed E-state index contributed by atoms with van der Waals surface area (Å²) < 4.78 is 84.0. The average molecular weight is 445 g/mol.